The van der Waals surface area contributed by atoms with Crippen LogP contribution in [0.1, 0.15) is 32.3 Å². The van der Waals surface area contributed by atoms with Crippen LogP contribution in [-0.2, 0) is 6.54 Å². The van der Waals surface area contributed by atoms with Crippen molar-refractivity contribution in [3.05, 3.63) is 28.8 Å². The number of likely N-dealkylation sites (tertiary alicyclic amines) is 1. The van der Waals surface area contributed by atoms with E-state index in [1.54, 1.807) is 0 Å². The van der Waals surface area contributed by atoms with Gasteiger partial charge in [-0.3, -0.25) is 4.90 Å². The Morgan fingerprint density at radius 3 is 2.82 bits per heavy atom. The molecule has 94 valence electrons. The zero-order chi connectivity index (χ0) is 12.4. The van der Waals surface area contributed by atoms with Gasteiger partial charge in [-0.1, -0.05) is 24.6 Å². The summed E-state index contributed by atoms with van der Waals surface area (Å²) in [7, 11) is 0. The van der Waals surface area contributed by atoms with Gasteiger partial charge in [0.25, 0.3) is 0 Å². The van der Waals surface area contributed by atoms with Crippen molar-refractivity contribution in [3.63, 3.8) is 0 Å². The van der Waals surface area contributed by atoms with E-state index in [-0.39, 0.29) is 0 Å². The number of hydrogen-bond acceptors (Lipinski definition) is 2. The summed E-state index contributed by atoms with van der Waals surface area (Å²) in [6.45, 7) is 6.80. The Bertz CT molecular complexity index is 392. The highest BCUT2D eigenvalue weighted by Gasteiger charge is 2.22. The summed E-state index contributed by atoms with van der Waals surface area (Å²) >= 11 is 5.94. The summed E-state index contributed by atoms with van der Waals surface area (Å²) in [5, 5.41) is 0.647. The second kappa shape index (κ2) is 5.28. The van der Waals surface area contributed by atoms with Gasteiger partial charge >= 0.3 is 0 Å². The van der Waals surface area contributed by atoms with Gasteiger partial charge in [-0.15, -0.1) is 0 Å². The van der Waals surface area contributed by atoms with E-state index in [1.165, 1.54) is 24.9 Å². The first-order valence-corrected chi connectivity index (χ1v) is 6.72. The number of piperidine rings is 1. The summed E-state index contributed by atoms with van der Waals surface area (Å²) < 4.78 is 0. The van der Waals surface area contributed by atoms with Gasteiger partial charge < -0.3 is 5.73 Å². The SMILES string of the molecule is CC1CCC(C)N(Cc2ccc(Cl)c(N)c2)C1. The van der Waals surface area contributed by atoms with Gasteiger partial charge in [0.1, 0.15) is 0 Å². The van der Waals surface area contributed by atoms with Gasteiger partial charge in [-0.25, -0.2) is 0 Å². The predicted octanol–water partition coefficient (Wildman–Crippen LogP) is 3.54. The fourth-order valence-corrected chi connectivity index (χ4v) is 2.64. The van der Waals surface area contributed by atoms with Crippen molar-refractivity contribution in [2.45, 2.75) is 39.3 Å². The second-order valence-electron chi connectivity index (χ2n) is 5.32. The topological polar surface area (TPSA) is 29.3 Å². The minimum atomic E-state index is 0.647. The maximum Gasteiger partial charge on any atom is 0.0635 e. The third-order valence-corrected chi connectivity index (χ3v) is 4.04. The predicted molar refractivity (Wildman–Crippen MR) is 74.1 cm³/mol. The Balaban J connectivity index is 2.06. The minimum absolute atomic E-state index is 0.647. The molecule has 2 N–H and O–H groups in total. The molecule has 2 unspecified atom stereocenters. The van der Waals surface area contributed by atoms with Crippen molar-refractivity contribution in [2.24, 2.45) is 5.92 Å². The summed E-state index contributed by atoms with van der Waals surface area (Å²) in [6.07, 6.45) is 2.64. The monoisotopic (exact) mass is 252 g/mol. The van der Waals surface area contributed by atoms with E-state index < -0.39 is 0 Å². The maximum absolute atomic E-state index is 5.94. The minimum Gasteiger partial charge on any atom is -0.398 e. The molecule has 2 rings (SSSR count). The number of hydrogen-bond donors (Lipinski definition) is 1. The van der Waals surface area contributed by atoms with E-state index in [0.717, 1.165) is 12.5 Å². The highest BCUT2D eigenvalue weighted by atomic mass is 35.5. The van der Waals surface area contributed by atoms with Crippen molar-refractivity contribution in [1.29, 1.82) is 0 Å². The highest BCUT2D eigenvalue weighted by molar-refractivity contribution is 6.33. The molecule has 0 bridgehead atoms. The van der Waals surface area contributed by atoms with Crippen LogP contribution in [0.4, 0.5) is 5.69 Å². The van der Waals surface area contributed by atoms with E-state index >= 15 is 0 Å². The van der Waals surface area contributed by atoms with E-state index in [0.29, 0.717) is 16.8 Å². The van der Waals surface area contributed by atoms with Crippen LogP contribution < -0.4 is 5.73 Å². The van der Waals surface area contributed by atoms with E-state index in [4.69, 9.17) is 17.3 Å². The number of nitrogens with zero attached hydrogens (tertiary/aromatic N) is 1. The quantitative estimate of drug-likeness (QED) is 0.816. The lowest BCUT2D eigenvalue weighted by Gasteiger charge is -2.36. The molecular formula is C14H21ClN2. The third-order valence-electron chi connectivity index (χ3n) is 3.69. The average molecular weight is 253 g/mol. The molecule has 0 aromatic heterocycles. The van der Waals surface area contributed by atoms with Gasteiger partial charge in [0, 0.05) is 19.1 Å². The van der Waals surface area contributed by atoms with Crippen molar-refractivity contribution in [3.8, 4) is 0 Å². The van der Waals surface area contributed by atoms with E-state index in [1.807, 2.05) is 12.1 Å². The van der Waals surface area contributed by atoms with Crippen LogP contribution >= 0.6 is 11.6 Å². The van der Waals surface area contributed by atoms with Gasteiger partial charge in [0.2, 0.25) is 0 Å². The molecule has 1 heterocycles. The molecule has 1 fully saturated rings. The molecule has 0 spiro atoms. The molecule has 0 amide bonds. The molecular weight excluding hydrogens is 232 g/mol. The molecule has 2 nitrogen and oxygen atoms in total. The van der Waals surface area contributed by atoms with Crippen molar-refractivity contribution >= 4 is 17.3 Å². The van der Waals surface area contributed by atoms with Crippen molar-refractivity contribution < 1.29 is 0 Å². The molecule has 1 aromatic carbocycles. The van der Waals surface area contributed by atoms with Crippen LogP contribution in [0.2, 0.25) is 5.02 Å². The van der Waals surface area contributed by atoms with Gasteiger partial charge in [-0.2, -0.15) is 0 Å². The summed E-state index contributed by atoms with van der Waals surface area (Å²) in [5.41, 5.74) is 7.78. The first kappa shape index (κ1) is 12.7. The van der Waals surface area contributed by atoms with Crippen LogP contribution in [0.25, 0.3) is 0 Å². The maximum atomic E-state index is 5.94. The van der Waals surface area contributed by atoms with Crippen molar-refractivity contribution in [1.82, 2.24) is 4.90 Å². The van der Waals surface area contributed by atoms with Crippen LogP contribution in [0.5, 0.6) is 0 Å². The van der Waals surface area contributed by atoms with E-state index in [2.05, 4.69) is 24.8 Å². The van der Waals surface area contributed by atoms with Crippen LogP contribution in [0.15, 0.2) is 18.2 Å². The molecule has 1 aliphatic heterocycles. The van der Waals surface area contributed by atoms with Gasteiger partial charge in [-0.05, 0) is 43.4 Å². The molecule has 1 saturated heterocycles. The highest BCUT2D eigenvalue weighted by Crippen LogP contribution is 2.25. The normalized spacial score (nSPS) is 26.1. The lowest BCUT2D eigenvalue weighted by atomic mass is 9.94. The van der Waals surface area contributed by atoms with Gasteiger partial charge in [0.05, 0.1) is 10.7 Å². The molecule has 1 aliphatic rings. The fourth-order valence-electron chi connectivity index (χ4n) is 2.53. The zero-order valence-electron chi connectivity index (χ0n) is 10.6. The fraction of sp³-hybridized carbons (Fsp3) is 0.571. The van der Waals surface area contributed by atoms with E-state index in [9.17, 15) is 0 Å². The zero-order valence-corrected chi connectivity index (χ0v) is 11.4. The Morgan fingerprint density at radius 1 is 1.35 bits per heavy atom. The average Bonchev–Trinajstić information content (AvgIpc) is 2.29. The molecule has 0 radical (unpaired) electrons. The standard InChI is InChI=1S/C14H21ClN2/c1-10-3-4-11(2)17(8-10)9-12-5-6-13(15)14(16)7-12/h5-7,10-11H,3-4,8-9,16H2,1-2H3. The number of nitrogen functional groups attached to an aromatic ring is 1. The van der Waals surface area contributed by atoms with Crippen molar-refractivity contribution in [2.75, 3.05) is 12.3 Å². The molecule has 0 aliphatic carbocycles. The molecule has 1 aromatic rings. The van der Waals surface area contributed by atoms with Crippen LogP contribution in [-0.4, -0.2) is 17.5 Å². The first-order chi connectivity index (χ1) is 8.06. The smallest absolute Gasteiger partial charge is 0.0635 e. The lowest BCUT2D eigenvalue weighted by Crippen LogP contribution is -2.40. The van der Waals surface area contributed by atoms with Crippen LogP contribution in [0, 0.1) is 5.92 Å². The summed E-state index contributed by atoms with van der Waals surface area (Å²) in [5.74, 6) is 0.802. The Hall–Kier alpha value is -0.730. The number of anilines is 1. The Morgan fingerprint density at radius 2 is 2.12 bits per heavy atom. The first-order valence-electron chi connectivity index (χ1n) is 6.34. The molecule has 2 atom stereocenters. The molecule has 3 heteroatoms. The number of halogens is 1. The number of rotatable bonds is 2. The second-order valence-corrected chi connectivity index (χ2v) is 5.72. The largest absolute Gasteiger partial charge is 0.398 e. The Labute approximate surface area is 109 Å². The van der Waals surface area contributed by atoms with Crippen LogP contribution in [0.3, 0.4) is 0 Å². The Kier molecular flexibility index (Phi) is 3.95. The molecule has 17 heavy (non-hydrogen) atoms. The molecule has 0 saturated carbocycles. The number of benzene rings is 1. The lowest BCUT2D eigenvalue weighted by molar-refractivity contribution is 0.117. The third kappa shape index (κ3) is 3.14. The number of nitrogens with two attached hydrogens (primary N) is 1. The summed E-state index contributed by atoms with van der Waals surface area (Å²) in [4.78, 5) is 2.54. The summed E-state index contributed by atoms with van der Waals surface area (Å²) in [6, 6.07) is 6.63. The van der Waals surface area contributed by atoms with Gasteiger partial charge in [0.15, 0.2) is 0 Å².